The average molecular weight is 509 g/mol. The number of halogens is 1. The average Bonchev–Trinajstić information content (AvgIpc) is 3.46. The number of methoxy groups -OCH3 is 1. The summed E-state index contributed by atoms with van der Waals surface area (Å²) in [6.07, 6.45) is 1.87. The van der Waals surface area contributed by atoms with Crippen LogP contribution in [0, 0.1) is 25.2 Å². The van der Waals surface area contributed by atoms with Crippen LogP contribution in [0.15, 0.2) is 72.8 Å². The highest BCUT2D eigenvalue weighted by Gasteiger charge is 2.14. The van der Waals surface area contributed by atoms with E-state index in [1.807, 2.05) is 86.7 Å². The van der Waals surface area contributed by atoms with Crippen LogP contribution in [-0.4, -0.2) is 21.6 Å². The smallest absolute Gasteiger partial charge is 0.149 e. The van der Waals surface area contributed by atoms with Crippen LogP contribution in [-0.2, 0) is 6.61 Å². The lowest BCUT2D eigenvalue weighted by Crippen LogP contribution is -2.00. The number of aromatic amines is 1. The summed E-state index contributed by atoms with van der Waals surface area (Å²) in [6, 6.07) is 25.6. The Morgan fingerprint density at radius 1 is 1.05 bits per heavy atom. The highest BCUT2D eigenvalue weighted by Crippen LogP contribution is 2.28. The number of hydrogen-bond donors (Lipinski definition) is 1. The Morgan fingerprint density at radius 3 is 2.54 bits per heavy atom. The Morgan fingerprint density at radius 2 is 1.81 bits per heavy atom. The molecule has 0 atom stereocenters. The van der Waals surface area contributed by atoms with Crippen molar-refractivity contribution in [3.63, 3.8) is 0 Å². The second-order valence-electron chi connectivity index (χ2n) is 8.67. The molecule has 0 unspecified atom stereocenters. The van der Waals surface area contributed by atoms with Gasteiger partial charge in [0, 0.05) is 33.7 Å². The molecule has 3 aromatic carbocycles. The molecule has 0 bridgehead atoms. The monoisotopic (exact) mass is 508 g/mol. The SMILES string of the molecule is COc1ccc2nc(/C(C#N)=C\c3cc(C)n(-c4ccc(OCc5ccccc5Cl)cc4)c3C)[nH]c2c1. The molecule has 5 rings (SSSR count). The van der Waals surface area contributed by atoms with Crippen molar-refractivity contribution in [1.82, 2.24) is 14.5 Å². The van der Waals surface area contributed by atoms with Gasteiger partial charge in [-0.3, -0.25) is 0 Å². The Bertz CT molecular complexity index is 1660. The maximum absolute atomic E-state index is 9.90. The zero-order chi connectivity index (χ0) is 25.9. The summed E-state index contributed by atoms with van der Waals surface area (Å²) in [7, 11) is 1.62. The van der Waals surface area contributed by atoms with Crippen LogP contribution in [0.2, 0.25) is 5.02 Å². The first-order chi connectivity index (χ1) is 18.0. The predicted molar refractivity (Wildman–Crippen MR) is 147 cm³/mol. The fraction of sp³-hybridized carbons (Fsp3) is 0.133. The number of nitrogens with one attached hydrogen (secondary N) is 1. The van der Waals surface area contributed by atoms with Gasteiger partial charge in [-0.15, -0.1) is 0 Å². The molecule has 5 aromatic rings. The molecule has 0 aliphatic carbocycles. The standard InChI is InChI=1S/C30H25ClN4O2/c1-19-14-22(15-23(17-32)30-33-28-13-12-26(36-3)16-29(28)34-30)20(2)35(19)24-8-10-25(11-9-24)37-18-21-6-4-5-7-27(21)31/h4-16H,18H2,1-3H3,(H,33,34)/b23-15-. The molecule has 0 amide bonds. The number of aromatic nitrogens is 3. The first kappa shape index (κ1) is 24.2. The van der Waals surface area contributed by atoms with Gasteiger partial charge in [0.05, 0.1) is 23.7 Å². The zero-order valence-corrected chi connectivity index (χ0v) is 21.5. The highest BCUT2D eigenvalue weighted by molar-refractivity contribution is 6.31. The van der Waals surface area contributed by atoms with Crippen LogP contribution in [0.3, 0.4) is 0 Å². The summed E-state index contributed by atoms with van der Waals surface area (Å²) >= 11 is 6.23. The lowest BCUT2D eigenvalue weighted by atomic mass is 10.1. The van der Waals surface area contributed by atoms with Crippen LogP contribution in [0.1, 0.15) is 28.3 Å². The van der Waals surface area contributed by atoms with E-state index in [9.17, 15) is 5.26 Å². The molecule has 0 spiro atoms. The van der Waals surface area contributed by atoms with Crippen molar-refractivity contribution in [3.05, 3.63) is 106 Å². The van der Waals surface area contributed by atoms with Crippen molar-refractivity contribution in [2.75, 3.05) is 7.11 Å². The van der Waals surface area contributed by atoms with E-state index in [1.54, 1.807) is 7.11 Å². The number of nitrogens with zero attached hydrogens (tertiary/aromatic N) is 3. The first-order valence-electron chi connectivity index (χ1n) is 11.8. The summed E-state index contributed by atoms with van der Waals surface area (Å²) in [5.41, 5.74) is 7.03. The fourth-order valence-corrected chi connectivity index (χ4v) is 4.54. The molecule has 0 saturated carbocycles. The number of imidazole rings is 1. The van der Waals surface area contributed by atoms with E-state index in [1.165, 1.54) is 0 Å². The Labute approximate surface area is 220 Å². The van der Waals surface area contributed by atoms with Crippen molar-refractivity contribution < 1.29 is 9.47 Å². The van der Waals surface area contributed by atoms with Gasteiger partial charge in [-0.1, -0.05) is 29.8 Å². The van der Waals surface area contributed by atoms with Crippen LogP contribution < -0.4 is 9.47 Å². The summed E-state index contributed by atoms with van der Waals surface area (Å²) in [4.78, 5) is 7.83. The third-order valence-corrected chi connectivity index (χ3v) is 6.65. The van der Waals surface area contributed by atoms with Gasteiger partial charge in [-0.2, -0.15) is 5.26 Å². The lowest BCUT2D eigenvalue weighted by molar-refractivity contribution is 0.306. The number of nitriles is 1. The van der Waals surface area contributed by atoms with E-state index in [-0.39, 0.29) is 0 Å². The van der Waals surface area contributed by atoms with E-state index < -0.39 is 0 Å². The van der Waals surface area contributed by atoms with E-state index >= 15 is 0 Å². The van der Waals surface area contributed by atoms with Crippen LogP contribution in [0.4, 0.5) is 0 Å². The summed E-state index contributed by atoms with van der Waals surface area (Å²) in [5, 5.41) is 10.6. The minimum atomic E-state index is 0.404. The molecular weight excluding hydrogens is 484 g/mol. The highest BCUT2D eigenvalue weighted by atomic mass is 35.5. The van der Waals surface area contributed by atoms with Crippen molar-refractivity contribution >= 4 is 34.3 Å². The lowest BCUT2D eigenvalue weighted by Gasteiger charge is -2.12. The first-order valence-corrected chi connectivity index (χ1v) is 12.2. The third kappa shape index (κ3) is 4.95. The number of fused-ring (bicyclic) bond motifs is 1. The van der Waals surface area contributed by atoms with Crippen LogP contribution in [0.5, 0.6) is 11.5 Å². The van der Waals surface area contributed by atoms with Gasteiger partial charge in [0.2, 0.25) is 0 Å². The summed E-state index contributed by atoms with van der Waals surface area (Å²) < 4.78 is 13.4. The molecule has 7 heteroatoms. The van der Waals surface area contributed by atoms with Gasteiger partial charge < -0.3 is 19.0 Å². The number of rotatable bonds is 7. The molecular formula is C30H25ClN4O2. The predicted octanol–water partition coefficient (Wildman–Crippen LogP) is 7.28. The number of benzene rings is 3. The van der Waals surface area contributed by atoms with Gasteiger partial charge in [0.1, 0.15) is 30.0 Å². The molecule has 0 fully saturated rings. The maximum atomic E-state index is 9.90. The molecule has 184 valence electrons. The Balaban J connectivity index is 1.40. The van der Waals surface area contributed by atoms with Gasteiger partial charge in [-0.25, -0.2) is 4.98 Å². The van der Waals surface area contributed by atoms with Gasteiger partial charge in [0.15, 0.2) is 0 Å². The van der Waals surface area contributed by atoms with E-state index in [4.69, 9.17) is 21.1 Å². The van der Waals surface area contributed by atoms with Gasteiger partial charge in [-0.05, 0) is 74.0 Å². The van der Waals surface area contributed by atoms with Crippen molar-refractivity contribution in [1.29, 1.82) is 5.26 Å². The number of hydrogen-bond acceptors (Lipinski definition) is 4. The summed E-state index contributed by atoms with van der Waals surface area (Å²) in [6.45, 7) is 4.49. The summed E-state index contributed by atoms with van der Waals surface area (Å²) in [5.74, 6) is 2.02. The molecule has 1 N–H and O–H groups in total. The molecule has 2 heterocycles. The largest absolute Gasteiger partial charge is 0.497 e. The molecule has 0 aliphatic heterocycles. The van der Waals surface area contributed by atoms with Crippen LogP contribution >= 0.6 is 11.6 Å². The number of allylic oxidation sites excluding steroid dienone is 1. The fourth-order valence-electron chi connectivity index (χ4n) is 4.35. The Kier molecular flexibility index (Phi) is 6.72. The van der Waals surface area contributed by atoms with Crippen molar-refractivity contribution in [3.8, 4) is 23.3 Å². The second-order valence-corrected chi connectivity index (χ2v) is 9.08. The topological polar surface area (TPSA) is 75.9 Å². The third-order valence-electron chi connectivity index (χ3n) is 6.28. The van der Waals surface area contributed by atoms with Gasteiger partial charge >= 0.3 is 0 Å². The van der Waals surface area contributed by atoms with E-state index in [0.717, 1.165) is 50.7 Å². The maximum Gasteiger partial charge on any atom is 0.149 e. The van der Waals surface area contributed by atoms with E-state index in [0.29, 0.717) is 23.0 Å². The van der Waals surface area contributed by atoms with Crippen LogP contribution in [0.25, 0.3) is 28.4 Å². The quantitative estimate of drug-likeness (QED) is 0.234. The number of aryl methyl sites for hydroxylation is 1. The van der Waals surface area contributed by atoms with Gasteiger partial charge in [0.25, 0.3) is 0 Å². The minimum Gasteiger partial charge on any atom is -0.497 e. The van der Waals surface area contributed by atoms with E-state index in [2.05, 4.69) is 26.7 Å². The zero-order valence-electron chi connectivity index (χ0n) is 20.7. The molecule has 0 saturated heterocycles. The molecule has 6 nitrogen and oxygen atoms in total. The molecule has 37 heavy (non-hydrogen) atoms. The molecule has 0 radical (unpaired) electrons. The van der Waals surface area contributed by atoms with Crippen molar-refractivity contribution in [2.45, 2.75) is 20.5 Å². The number of H-pyrrole nitrogens is 1. The molecule has 0 aliphatic rings. The number of ether oxygens (including phenoxy) is 2. The second kappa shape index (κ2) is 10.3. The Hall–Kier alpha value is -4.47. The molecule has 2 aromatic heterocycles. The minimum absolute atomic E-state index is 0.404. The van der Waals surface area contributed by atoms with Crippen molar-refractivity contribution in [2.24, 2.45) is 0 Å². The normalized spacial score (nSPS) is 11.5.